The summed E-state index contributed by atoms with van der Waals surface area (Å²) in [5.74, 6) is 0.431. The molecule has 2 atom stereocenters. The molecule has 0 radical (unpaired) electrons. The van der Waals surface area contributed by atoms with Crippen molar-refractivity contribution in [1.82, 2.24) is 19.4 Å². The predicted molar refractivity (Wildman–Crippen MR) is 125 cm³/mol. The molecule has 160 valence electrons. The van der Waals surface area contributed by atoms with Gasteiger partial charge in [-0.2, -0.15) is 0 Å². The molecule has 32 heavy (non-hydrogen) atoms. The number of fused-ring (bicyclic) bond motifs is 4. The van der Waals surface area contributed by atoms with Gasteiger partial charge in [-0.3, -0.25) is 4.79 Å². The first-order chi connectivity index (χ1) is 15.7. The van der Waals surface area contributed by atoms with Crippen LogP contribution in [0.5, 0.6) is 0 Å². The lowest BCUT2D eigenvalue weighted by Gasteiger charge is -2.38. The minimum absolute atomic E-state index is 0.129. The number of likely N-dealkylation sites (tertiary alicyclic amines) is 1. The molecule has 6 rings (SSSR count). The number of hydrogen-bond acceptors (Lipinski definition) is 3. The van der Waals surface area contributed by atoms with Gasteiger partial charge in [0.1, 0.15) is 11.2 Å². The fraction of sp³-hybridized carbons (Fsp3) is 0.231. The number of benzene rings is 1. The van der Waals surface area contributed by atoms with Crippen molar-refractivity contribution in [2.75, 3.05) is 13.1 Å². The molecule has 6 heteroatoms. The lowest BCUT2D eigenvalue weighted by atomic mass is 9.91. The highest BCUT2D eigenvalue weighted by atomic mass is 16.3. The van der Waals surface area contributed by atoms with Crippen molar-refractivity contribution in [1.29, 1.82) is 0 Å². The average Bonchev–Trinajstić information content (AvgIpc) is 3.56. The minimum Gasteiger partial charge on any atom is -0.464 e. The molecule has 0 bridgehead atoms. The van der Waals surface area contributed by atoms with Gasteiger partial charge in [0.2, 0.25) is 5.91 Å². The van der Waals surface area contributed by atoms with E-state index in [0.717, 1.165) is 51.4 Å². The molecule has 5 aromatic rings. The van der Waals surface area contributed by atoms with Crippen LogP contribution >= 0.6 is 0 Å². The van der Waals surface area contributed by atoms with Gasteiger partial charge < -0.3 is 18.9 Å². The summed E-state index contributed by atoms with van der Waals surface area (Å²) in [6, 6.07) is 12.2. The third-order valence-electron chi connectivity index (χ3n) is 6.81. The molecule has 4 aromatic heterocycles. The van der Waals surface area contributed by atoms with Crippen molar-refractivity contribution >= 4 is 38.8 Å². The van der Waals surface area contributed by atoms with Crippen LogP contribution < -0.4 is 0 Å². The number of para-hydroxylation sites is 1. The molecule has 1 N–H and O–H groups in total. The number of hydrogen-bond donors (Lipinski definition) is 1. The van der Waals surface area contributed by atoms with E-state index in [4.69, 9.17) is 4.42 Å². The monoisotopic (exact) mass is 424 g/mol. The van der Waals surface area contributed by atoms with E-state index in [1.807, 2.05) is 47.6 Å². The highest BCUT2D eigenvalue weighted by molar-refractivity contribution is 6.02. The van der Waals surface area contributed by atoms with E-state index in [9.17, 15) is 4.79 Å². The molecule has 1 fully saturated rings. The van der Waals surface area contributed by atoms with Crippen LogP contribution in [0.25, 0.3) is 32.9 Å². The van der Waals surface area contributed by atoms with E-state index in [0.29, 0.717) is 18.9 Å². The van der Waals surface area contributed by atoms with Gasteiger partial charge in [-0.15, -0.1) is 6.58 Å². The predicted octanol–water partition coefficient (Wildman–Crippen LogP) is 5.08. The minimum atomic E-state index is 0.129. The number of piperidine rings is 1. The highest BCUT2D eigenvalue weighted by Crippen LogP contribution is 2.35. The largest absolute Gasteiger partial charge is 0.464 e. The lowest BCUT2D eigenvalue weighted by molar-refractivity contribution is -0.132. The Labute approximate surface area is 185 Å². The Morgan fingerprint density at radius 3 is 3.06 bits per heavy atom. The zero-order chi connectivity index (χ0) is 21.7. The average molecular weight is 425 g/mol. The number of pyridine rings is 1. The summed E-state index contributed by atoms with van der Waals surface area (Å²) in [5, 5.41) is 3.22. The molecule has 1 saturated heterocycles. The van der Waals surface area contributed by atoms with Gasteiger partial charge in [0.25, 0.3) is 0 Å². The summed E-state index contributed by atoms with van der Waals surface area (Å²) in [5.41, 5.74) is 3.80. The Bertz CT molecular complexity index is 1460. The highest BCUT2D eigenvalue weighted by Gasteiger charge is 2.32. The maximum atomic E-state index is 13.3. The number of nitrogens with zero attached hydrogens (tertiary/aromatic N) is 3. The van der Waals surface area contributed by atoms with Crippen LogP contribution in [-0.4, -0.2) is 38.4 Å². The molecule has 1 aliphatic heterocycles. The number of aromatic amines is 1. The molecular weight excluding hydrogens is 400 g/mol. The van der Waals surface area contributed by atoms with Crippen LogP contribution in [0.4, 0.5) is 0 Å². The van der Waals surface area contributed by atoms with Crippen LogP contribution in [-0.2, 0) is 11.2 Å². The molecule has 1 aromatic carbocycles. The fourth-order valence-electron chi connectivity index (χ4n) is 5.12. The van der Waals surface area contributed by atoms with Gasteiger partial charge >= 0.3 is 0 Å². The third-order valence-corrected chi connectivity index (χ3v) is 6.81. The van der Waals surface area contributed by atoms with Gasteiger partial charge in [0.15, 0.2) is 0 Å². The molecule has 0 saturated carbocycles. The standard InChI is InChI=1S/C26H24N4O2/c1-2-17-8-11-29(24(31)13-19-16-32-23-6-4-3-5-20(19)23)15-22(17)30-12-9-18-14-28-26-21(25(18)30)7-10-27-26/h2-7,9-10,12,14,16-17,22H,1,8,11,13,15H2,(H,27,28)/t17-,22+/m1/s1. The van der Waals surface area contributed by atoms with Crippen molar-refractivity contribution in [3.8, 4) is 0 Å². The number of carbonyl (C=O) groups is 1. The Morgan fingerprint density at radius 2 is 2.16 bits per heavy atom. The van der Waals surface area contributed by atoms with Gasteiger partial charge in [0, 0.05) is 59.3 Å². The van der Waals surface area contributed by atoms with Crippen molar-refractivity contribution in [3.63, 3.8) is 0 Å². The van der Waals surface area contributed by atoms with Gasteiger partial charge in [-0.05, 0) is 24.6 Å². The number of H-pyrrole nitrogens is 1. The summed E-state index contributed by atoms with van der Waals surface area (Å²) in [6.45, 7) is 5.49. The number of carbonyl (C=O) groups excluding carboxylic acids is 1. The molecule has 5 heterocycles. The van der Waals surface area contributed by atoms with Crippen LogP contribution in [0.2, 0.25) is 0 Å². The molecule has 1 aliphatic rings. The van der Waals surface area contributed by atoms with Crippen LogP contribution in [0.15, 0.2) is 78.3 Å². The third kappa shape index (κ3) is 2.94. The molecule has 0 aliphatic carbocycles. The molecule has 0 spiro atoms. The van der Waals surface area contributed by atoms with Crippen LogP contribution in [0.1, 0.15) is 18.0 Å². The van der Waals surface area contributed by atoms with Crippen LogP contribution in [0, 0.1) is 5.92 Å². The van der Waals surface area contributed by atoms with Gasteiger partial charge in [-0.25, -0.2) is 4.98 Å². The summed E-state index contributed by atoms with van der Waals surface area (Å²) in [6.07, 6.45) is 10.9. The number of nitrogens with one attached hydrogen (secondary N) is 1. The first-order valence-corrected chi connectivity index (χ1v) is 11.0. The topological polar surface area (TPSA) is 67.1 Å². The summed E-state index contributed by atoms with van der Waals surface area (Å²) < 4.78 is 7.95. The second-order valence-corrected chi connectivity index (χ2v) is 8.55. The number of amides is 1. The SMILES string of the molecule is C=C[C@@H]1CCN(C(=O)Cc2coc3ccccc23)C[C@@H]1n1ccc2cnc3[nH]ccc3c21. The fourth-order valence-corrected chi connectivity index (χ4v) is 5.12. The zero-order valence-electron chi connectivity index (χ0n) is 17.7. The maximum Gasteiger partial charge on any atom is 0.227 e. The molecular formula is C26H24N4O2. The molecule has 1 amide bonds. The smallest absolute Gasteiger partial charge is 0.227 e. The molecule has 6 nitrogen and oxygen atoms in total. The van der Waals surface area contributed by atoms with Gasteiger partial charge in [-0.1, -0.05) is 24.3 Å². The van der Waals surface area contributed by atoms with Crippen molar-refractivity contribution < 1.29 is 9.21 Å². The summed E-state index contributed by atoms with van der Waals surface area (Å²) in [7, 11) is 0. The maximum absolute atomic E-state index is 13.3. The van der Waals surface area contributed by atoms with Crippen LogP contribution in [0.3, 0.4) is 0 Å². The Kier molecular flexibility index (Phi) is 4.38. The van der Waals surface area contributed by atoms with E-state index in [1.54, 1.807) is 6.26 Å². The Hall–Kier alpha value is -3.80. The normalized spacial score (nSPS) is 19.2. The van der Waals surface area contributed by atoms with E-state index in [2.05, 4.69) is 39.4 Å². The first kappa shape index (κ1) is 18.9. The van der Waals surface area contributed by atoms with E-state index in [-0.39, 0.29) is 11.9 Å². The zero-order valence-corrected chi connectivity index (χ0v) is 17.7. The van der Waals surface area contributed by atoms with E-state index >= 15 is 0 Å². The van der Waals surface area contributed by atoms with Crippen molar-refractivity contribution in [2.24, 2.45) is 5.92 Å². The number of rotatable bonds is 4. The summed E-state index contributed by atoms with van der Waals surface area (Å²) in [4.78, 5) is 23.0. The molecule has 0 unspecified atom stereocenters. The van der Waals surface area contributed by atoms with Crippen molar-refractivity contribution in [3.05, 3.63) is 79.5 Å². The summed E-state index contributed by atoms with van der Waals surface area (Å²) >= 11 is 0. The Morgan fingerprint density at radius 1 is 1.25 bits per heavy atom. The number of furan rings is 1. The quantitative estimate of drug-likeness (QED) is 0.409. The second-order valence-electron chi connectivity index (χ2n) is 8.55. The lowest BCUT2D eigenvalue weighted by Crippen LogP contribution is -2.44. The first-order valence-electron chi connectivity index (χ1n) is 11.0. The van der Waals surface area contributed by atoms with E-state index in [1.165, 1.54) is 0 Å². The Balaban J connectivity index is 1.32. The number of allylic oxidation sites excluding steroid dienone is 1. The second kappa shape index (κ2) is 7.41. The van der Waals surface area contributed by atoms with E-state index < -0.39 is 0 Å². The number of aromatic nitrogens is 3. The van der Waals surface area contributed by atoms with Crippen molar-refractivity contribution in [2.45, 2.75) is 18.9 Å². The van der Waals surface area contributed by atoms with Gasteiger partial charge in [0.05, 0.1) is 24.2 Å².